The zero-order valence-electron chi connectivity index (χ0n) is 21.7. The highest BCUT2D eigenvalue weighted by Gasteiger charge is 2.31. The smallest absolute Gasteiger partial charge is 0.264 e. The first kappa shape index (κ1) is 27.7. The summed E-state index contributed by atoms with van der Waals surface area (Å²) in [5.74, 6) is 0.104. The van der Waals surface area contributed by atoms with Crippen molar-refractivity contribution in [1.82, 2.24) is 14.3 Å². The fourth-order valence-corrected chi connectivity index (χ4v) is 7.22. The third kappa shape index (κ3) is 6.37. The van der Waals surface area contributed by atoms with Crippen LogP contribution in [-0.2, 0) is 20.0 Å². The van der Waals surface area contributed by atoms with Crippen LogP contribution in [0.2, 0.25) is 0 Å². The number of carbonyl (C=O) groups is 1. The summed E-state index contributed by atoms with van der Waals surface area (Å²) in [5.41, 5.74) is 1.92. The van der Waals surface area contributed by atoms with Crippen LogP contribution in [0.3, 0.4) is 0 Å². The van der Waals surface area contributed by atoms with Crippen LogP contribution in [-0.4, -0.2) is 50.1 Å². The van der Waals surface area contributed by atoms with Gasteiger partial charge in [-0.25, -0.2) is 31.5 Å². The standard InChI is InChI=1S/C26H31N5O5S2/c1-17-13-18(2)16-31(15-17)38(35,36)24-9-5-21(6-10-24)25(32)29-22-7-11-23(12-8-22)37(33,34)30-26-27-19(3)14-20(4)28-26/h5-12,14,17-18H,13,15-16H2,1-4H3,(H,29,32)(H,27,28,30)/t17-,18-/m1/s1. The number of piperidine rings is 1. The zero-order chi connectivity index (χ0) is 27.7. The highest BCUT2D eigenvalue weighted by atomic mass is 32.2. The molecule has 1 amide bonds. The monoisotopic (exact) mass is 557 g/mol. The van der Waals surface area contributed by atoms with Gasteiger partial charge in [0.05, 0.1) is 9.79 Å². The average molecular weight is 558 g/mol. The third-order valence-electron chi connectivity index (χ3n) is 6.22. The number of hydrogen-bond acceptors (Lipinski definition) is 7. The number of carbonyl (C=O) groups excluding carboxylic acids is 1. The van der Waals surface area contributed by atoms with Gasteiger partial charge >= 0.3 is 0 Å². The number of nitrogens with one attached hydrogen (secondary N) is 2. The van der Waals surface area contributed by atoms with Crippen molar-refractivity contribution in [2.75, 3.05) is 23.1 Å². The molecule has 0 radical (unpaired) electrons. The number of aromatic nitrogens is 2. The topological polar surface area (TPSA) is 138 Å². The fourth-order valence-electron chi connectivity index (χ4n) is 4.60. The van der Waals surface area contributed by atoms with E-state index in [1.807, 2.05) is 13.8 Å². The van der Waals surface area contributed by atoms with Crippen molar-refractivity contribution in [2.24, 2.45) is 11.8 Å². The summed E-state index contributed by atoms with van der Waals surface area (Å²) in [6.45, 7) is 8.53. The van der Waals surface area contributed by atoms with E-state index in [1.165, 1.54) is 52.8 Å². The molecule has 10 nitrogen and oxygen atoms in total. The molecule has 1 aromatic heterocycles. The number of hydrogen-bond donors (Lipinski definition) is 2. The van der Waals surface area contributed by atoms with Gasteiger partial charge in [0.1, 0.15) is 0 Å². The molecule has 2 heterocycles. The van der Waals surface area contributed by atoms with E-state index in [9.17, 15) is 21.6 Å². The van der Waals surface area contributed by atoms with E-state index in [0.29, 0.717) is 30.2 Å². The number of rotatable bonds is 7. The lowest BCUT2D eigenvalue weighted by molar-refractivity contribution is 0.102. The Labute approximate surface area is 223 Å². The molecule has 2 aromatic carbocycles. The van der Waals surface area contributed by atoms with Crippen molar-refractivity contribution in [3.05, 3.63) is 71.5 Å². The zero-order valence-corrected chi connectivity index (χ0v) is 23.3. The van der Waals surface area contributed by atoms with E-state index >= 15 is 0 Å². The first-order chi connectivity index (χ1) is 17.8. The number of aryl methyl sites for hydroxylation is 2. The van der Waals surface area contributed by atoms with Crippen LogP contribution in [0.25, 0.3) is 0 Å². The number of benzene rings is 2. The number of sulfonamides is 2. The lowest BCUT2D eigenvalue weighted by Crippen LogP contribution is -2.42. The van der Waals surface area contributed by atoms with Crippen molar-refractivity contribution < 1.29 is 21.6 Å². The molecule has 2 N–H and O–H groups in total. The van der Waals surface area contributed by atoms with Crippen molar-refractivity contribution in [2.45, 2.75) is 43.9 Å². The Hall–Kier alpha value is -3.35. The summed E-state index contributed by atoms with van der Waals surface area (Å²) in [6.07, 6.45) is 0.995. The predicted octanol–water partition coefficient (Wildman–Crippen LogP) is 3.81. The Balaban J connectivity index is 1.42. The molecule has 0 unspecified atom stereocenters. The molecular weight excluding hydrogens is 526 g/mol. The molecule has 12 heteroatoms. The molecule has 1 fully saturated rings. The van der Waals surface area contributed by atoms with E-state index < -0.39 is 26.0 Å². The molecule has 0 saturated carbocycles. The van der Waals surface area contributed by atoms with Gasteiger partial charge in [-0.1, -0.05) is 13.8 Å². The van der Waals surface area contributed by atoms with Gasteiger partial charge in [0.15, 0.2) is 0 Å². The van der Waals surface area contributed by atoms with Crippen LogP contribution in [0, 0.1) is 25.7 Å². The van der Waals surface area contributed by atoms with Crippen LogP contribution in [0.15, 0.2) is 64.4 Å². The summed E-state index contributed by atoms with van der Waals surface area (Å²) in [7, 11) is -7.57. The normalized spacial score (nSPS) is 18.6. The lowest BCUT2D eigenvalue weighted by Gasteiger charge is -2.34. The average Bonchev–Trinajstić information content (AvgIpc) is 2.83. The lowest BCUT2D eigenvalue weighted by atomic mass is 9.94. The number of anilines is 2. The molecule has 3 aromatic rings. The van der Waals surface area contributed by atoms with Gasteiger partial charge in [-0.2, -0.15) is 4.31 Å². The quantitative estimate of drug-likeness (QED) is 0.450. The molecule has 0 aliphatic carbocycles. The van der Waals surface area contributed by atoms with Gasteiger partial charge < -0.3 is 5.32 Å². The number of nitrogens with zero attached hydrogens (tertiary/aromatic N) is 3. The van der Waals surface area contributed by atoms with Gasteiger partial charge in [0.25, 0.3) is 15.9 Å². The van der Waals surface area contributed by atoms with Crippen LogP contribution >= 0.6 is 0 Å². The van der Waals surface area contributed by atoms with Crippen LogP contribution in [0.5, 0.6) is 0 Å². The summed E-state index contributed by atoms with van der Waals surface area (Å²) in [5, 5.41) is 2.70. The van der Waals surface area contributed by atoms with Crippen molar-refractivity contribution in [3.8, 4) is 0 Å². The first-order valence-corrected chi connectivity index (χ1v) is 15.1. The fraction of sp³-hybridized carbons (Fsp3) is 0.346. The Morgan fingerprint density at radius 2 is 1.37 bits per heavy atom. The highest BCUT2D eigenvalue weighted by Crippen LogP contribution is 2.27. The summed E-state index contributed by atoms with van der Waals surface area (Å²) in [4.78, 5) is 21.0. The molecule has 38 heavy (non-hydrogen) atoms. The summed E-state index contributed by atoms with van der Waals surface area (Å²) in [6, 6.07) is 13.2. The van der Waals surface area contributed by atoms with E-state index in [-0.39, 0.29) is 33.1 Å². The Morgan fingerprint density at radius 1 is 0.842 bits per heavy atom. The minimum Gasteiger partial charge on any atom is -0.322 e. The molecule has 0 spiro atoms. The third-order valence-corrected chi connectivity index (χ3v) is 9.41. The van der Waals surface area contributed by atoms with Gasteiger partial charge in [-0.15, -0.1) is 0 Å². The maximum Gasteiger partial charge on any atom is 0.264 e. The number of amides is 1. The van der Waals surface area contributed by atoms with Crippen molar-refractivity contribution >= 4 is 37.6 Å². The van der Waals surface area contributed by atoms with E-state index in [2.05, 4.69) is 20.0 Å². The molecule has 1 saturated heterocycles. The van der Waals surface area contributed by atoms with E-state index in [1.54, 1.807) is 19.9 Å². The molecular formula is C26H31N5O5S2. The second-order valence-corrected chi connectivity index (χ2v) is 13.5. The Kier molecular flexibility index (Phi) is 7.86. The minimum atomic E-state index is -3.93. The maximum absolute atomic E-state index is 13.1. The van der Waals surface area contributed by atoms with Crippen LogP contribution in [0.1, 0.15) is 42.0 Å². The van der Waals surface area contributed by atoms with Gasteiger partial charge in [0.2, 0.25) is 16.0 Å². The predicted molar refractivity (Wildman–Crippen MR) is 145 cm³/mol. The van der Waals surface area contributed by atoms with E-state index in [4.69, 9.17) is 0 Å². The van der Waals surface area contributed by atoms with E-state index in [0.717, 1.165) is 6.42 Å². The maximum atomic E-state index is 13.1. The van der Waals surface area contributed by atoms with Crippen molar-refractivity contribution in [3.63, 3.8) is 0 Å². The summed E-state index contributed by atoms with van der Waals surface area (Å²) >= 11 is 0. The first-order valence-electron chi connectivity index (χ1n) is 12.2. The Bertz CT molecular complexity index is 1510. The van der Waals surface area contributed by atoms with Crippen LogP contribution < -0.4 is 10.0 Å². The van der Waals surface area contributed by atoms with Gasteiger partial charge in [-0.05, 0) is 86.7 Å². The second-order valence-electron chi connectivity index (χ2n) is 9.85. The summed E-state index contributed by atoms with van der Waals surface area (Å²) < 4.78 is 55.4. The van der Waals surface area contributed by atoms with Crippen molar-refractivity contribution in [1.29, 1.82) is 0 Å². The molecule has 1 aliphatic rings. The second kappa shape index (κ2) is 10.8. The minimum absolute atomic E-state index is 0.0188. The SMILES string of the molecule is Cc1cc(C)nc(NS(=O)(=O)c2ccc(NC(=O)c3ccc(S(=O)(=O)N4C[C@H](C)C[C@@H](C)C4)cc3)cc2)n1. The molecule has 202 valence electrons. The largest absolute Gasteiger partial charge is 0.322 e. The molecule has 1 aliphatic heterocycles. The van der Waals surface area contributed by atoms with Crippen LogP contribution in [0.4, 0.5) is 11.6 Å². The molecule has 0 bridgehead atoms. The molecule has 2 atom stereocenters. The Morgan fingerprint density at radius 3 is 1.92 bits per heavy atom. The van der Waals surface area contributed by atoms with Gasteiger partial charge in [-0.3, -0.25) is 4.79 Å². The van der Waals surface area contributed by atoms with Gasteiger partial charge in [0, 0.05) is 35.7 Å². The highest BCUT2D eigenvalue weighted by molar-refractivity contribution is 7.92. The molecule has 4 rings (SSSR count).